The molecule has 1 N–H and O–H groups in total. The van der Waals surface area contributed by atoms with E-state index in [1.54, 1.807) is 11.6 Å². The molecule has 18 heavy (non-hydrogen) atoms. The molecular formula is C12H20N4O2. The molecule has 0 aliphatic heterocycles. The normalized spacial score (nSPS) is 17.6. The fourth-order valence-electron chi connectivity index (χ4n) is 2.37. The number of hydrogen-bond donors (Lipinski definition) is 1. The summed E-state index contributed by atoms with van der Waals surface area (Å²) in [6.07, 6.45) is 3.27. The van der Waals surface area contributed by atoms with Crippen molar-refractivity contribution in [1.82, 2.24) is 9.78 Å². The molecule has 1 heterocycles. The molecule has 2 rings (SSSR count). The lowest BCUT2D eigenvalue weighted by Crippen LogP contribution is -2.42. The molecule has 0 unspecified atom stereocenters. The first kappa shape index (κ1) is 12.9. The number of aromatic nitrogens is 2. The summed E-state index contributed by atoms with van der Waals surface area (Å²) in [6.45, 7) is 7.74. The van der Waals surface area contributed by atoms with Gasteiger partial charge >= 0.3 is 5.69 Å². The highest BCUT2D eigenvalue weighted by Crippen LogP contribution is 2.39. The van der Waals surface area contributed by atoms with Gasteiger partial charge in [-0.25, -0.2) is 4.68 Å². The van der Waals surface area contributed by atoms with Crippen LogP contribution >= 0.6 is 0 Å². The Bertz CT molecular complexity index is 475. The van der Waals surface area contributed by atoms with E-state index in [4.69, 9.17) is 0 Å². The summed E-state index contributed by atoms with van der Waals surface area (Å²) >= 11 is 0. The van der Waals surface area contributed by atoms with Crippen molar-refractivity contribution < 1.29 is 4.92 Å². The maximum atomic E-state index is 11.2. The van der Waals surface area contributed by atoms with Gasteiger partial charge in [0.1, 0.15) is 5.69 Å². The highest BCUT2D eigenvalue weighted by atomic mass is 16.6. The standard InChI is InChI=1S/C12H20N4O2/c1-8(2)15-11(13-12(4)6-5-7-12)10(16(17)18)9(3)14-15/h8,13H,5-7H2,1-4H3. The largest absolute Gasteiger partial charge is 0.359 e. The van der Waals surface area contributed by atoms with E-state index in [1.807, 2.05) is 13.8 Å². The maximum Gasteiger partial charge on any atom is 0.333 e. The Kier molecular flexibility index (Phi) is 3.04. The number of nitrogens with zero attached hydrogens (tertiary/aromatic N) is 3. The minimum absolute atomic E-state index is 0.0239. The number of nitrogens with one attached hydrogen (secondary N) is 1. The first-order valence-electron chi connectivity index (χ1n) is 6.36. The van der Waals surface area contributed by atoms with Gasteiger partial charge in [-0.05, 0) is 47.0 Å². The molecular weight excluding hydrogens is 232 g/mol. The first-order chi connectivity index (χ1) is 8.34. The van der Waals surface area contributed by atoms with Crippen LogP contribution in [0.2, 0.25) is 0 Å². The molecule has 1 aliphatic carbocycles. The SMILES string of the molecule is Cc1nn(C(C)C)c(NC2(C)CCC2)c1[N+](=O)[O-]. The molecule has 1 aliphatic rings. The summed E-state index contributed by atoms with van der Waals surface area (Å²) in [7, 11) is 0. The highest BCUT2D eigenvalue weighted by Gasteiger charge is 2.36. The van der Waals surface area contributed by atoms with Crippen molar-refractivity contribution in [1.29, 1.82) is 0 Å². The average molecular weight is 252 g/mol. The van der Waals surface area contributed by atoms with Gasteiger partial charge in [0.2, 0.25) is 5.82 Å². The van der Waals surface area contributed by atoms with Crippen molar-refractivity contribution in [3.63, 3.8) is 0 Å². The molecule has 6 nitrogen and oxygen atoms in total. The van der Waals surface area contributed by atoms with Gasteiger partial charge in [-0.15, -0.1) is 0 Å². The molecule has 1 aromatic heterocycles. The third kappa shape index (κ3) is 2.07. The fourth-order valence-corrected chi connectivity index (χ4v) is 2.37. The van der Waals surface area contributed by atoms with Gasteiger partial charge in [-0.3, -0.25) is 10.1 Å². The third-order valence-electron chi connectivity index (χ3n) is 3.60. The molecule has 0 atom stereocenters. The Balaban J connectivity index is 2.44. The zero-order valence-corrected chi connectivity index (χ0v) is 11.4. The summed E-state index contributed by atoms with van der Waals surface area (Å²) in [5.41, 5.74) is 0.556. The van der Waals surface area contributed by atoms with Crippen LogP contribution in [0.1, 0.15) is 51.8 Å². The zero-order chi connectivity index (χ0) is 13.5. The Morgan fingerprint density at radius 1 is 1.50 bits per heavy atom. The molecule has 6 heteroatoms. The van der Waals surface area contributed by atoms with Crippen molar-refractivity contribution in [3.05, 3.63) is 15.8 Å². The van der Waals surface area contributed by atoms with Gasteiger partial charge in [0.15, 0.2) is 0 Å². The van der Waals surface area contributed by atoms with Gasteiger partial charge in [0.05, 0.1) is 4.92 Å². The number of rotatable bonds is 4. The van der Waals surface area contributed by atoms with Gasteiger partial charge in [-0.1, -0.05) is 0 Å². The van der Waals surface area contributed by atoms with E-state index in [0.717, 1.165) is 12.8 Å². The second-order valence-electron chi connectivity index (χ2n) is 5.62. The van der Waals surface area contributed by atoms with Crippen LogP contribution in [0.15, 0.2) is 0 Å². The van der Waals surface area contributed by atoms with Crippen LogP contribution in [-0.2, 0) is 0 Å². The summed E-state index contributed by atoms with van der Waals surface area (Å²) < 4.78 is 1.72. The molecule has 1 fully saturated rings. The summed E-state index contributed by atoms with van der Waals surface area (Å²) in [5.74, 6) is 0.551. The second kappa shape index (κ2) is 4.26. The molecule has 0 amide bonds. The lowest BCUT2D eigenvalue weighted by molar-refractivity contribution is -0.384. The van der Waals surface area contributed by atoms with Crippen molar-refractivity contribution in [2.75, 3.05) is 5.32 Å². The minimum atomic E-state index is -0.342. The van der Waals surface area contributed by atoms with Gasteiger partial charge < -0.3 is 5.32 Å². The molecule has 0 radical (unpaired) electrons. The lowest BCUT2D eigenvalue weighted by atomic mass is 9.78. The highest BCUT2D eigenvalue weighted by molar-refractivity contribution is 5.61. The van der Waals surface area contributed by atoms with Crippen molar-refractivity contribution >= 4 is 11.5 Å². The molecule has 1 saturated carbocycles. The van der Waals surface area contributed by atoms with E-state index < -0.39 is 0 Å². The predicted octanol–water partition coefficient (Wildman–Crippen LogP) is 3.04. The molecule has 100 valence electrons. The third-order valence-corrected chi connectivity index (χ3v) is 3.60. The van der Waals surface area contributed by atoms with Crippen LogP contribution in [0.3, 0.4) is 0 Å². The topological polar surface area (TPSA) is 73.0 Å². The van der Waals surface area contributed by atoms with E-state index in [-0.39, 0.29) is 22.2 Å². The van der Waals surface area contributed by atoms with E-state index in [0.29, 0.717) is 11.5 Å². The number of nitro groups is 1. The minimum Gasteiger partial charge on any atom is -0.359 e. The second-order valence-corrected chi connectivity index (χ2v) is 5.62. The zero-order valence-electron chi connectivity index (χ0n) is 11.4. The lowest BCUT2D eigenvalue weighted by Gasteiger charge is -2.39. The Hall–Kier alpha value is -1.59. The van der Waals surface area contributed by atoms with E-state index in [2.05, 4.69) is 17.3 Å². The van der Waals surface area contributed by atoms with Crippen LogP contribution in [0.25, 0.3) is 0 Å². The maximum absolute atomic E-state index is 11.2. The Morgan fingerprint density at radius 3 is 2.50 bits per heavy atom. The van der Waals surface area contributed by atoms with Crippen molar-refractivity contribution in [2.24, 2.45) is 0 Å². The molecule has 0 aromatic carbocycles. The quantitative estimate of drug-likeness (QED) is 0.660. The van der Waals surface area contributed by atoms with E-state index in [1.165, 1.54) is 6.42 Å². The predicted molar refractivity (Wildman–Crippen MR) is 69.9 cm³/mol. The summed E-state index contributed by atoms with van der Waals surface area (Å²) in [4.78, 5) is 10.8. The number of aryl methyl sites for hydroxylation is 1. The van der Waals surface area contributed by atoms with Gasteiger partial charge in [0.25, 0.3) is 0 Å². The molecule has 0 bridgehead atoms. The van der Waals surface area contributed by atoms with Gasteiger partial charge in [-0.2, -0.15) is 5.10 Å². The van der Waals surface area contributed by atoms with Gasteiger partial charge in [0, 0.05) is 11.6 Å². The average Bonchev–Trinajstić information content (AvgIpc) is 2.53. The number of anilines is 1. The van der Waals surface area contributed by atoms with Crippen LogP contribution in [0.5, 0.6) is 0 Å². The molecule has 0 spiro atoms. The summed E-state index contributed by atoms with van der Waals surface area (Å²) in [6, 6.07) is 0.101. The Morgan fingerprint density at radius 2 is 2.11 bits per heavy atom. The molecule has 0 saturated heterocycles. The van der Waals surface area contributed by atoms with E-state index in [9.17, 15) is 10.1 Å². The Labute approximate surface area is 107 Å². The van der Waals surface area contributed by atoms with Crippen molar-refractivity contribution in [3.8, 4) is 0 Å². The molecule has 1 aromatic rings. The van der Waals surface area contributed by atoms with Crippen LogP contribution < -0.4 is 5.32 Å². The smallest absolute Gasteiger partial charge is 0.333 e. The first-order valence-corrected chi connectivity index (χ1v) is 6.36. The fraction of sp³-hybridized carbons (Fsp3) is 0.750. The van der Waals surface area contributed by atoms with Crippen LogP contribution in [-0.4, -0.2) is 20.2 Å². The van der Waals surface area contributed by atoms with Crippen LogP contribution in [0.4, 0.5) is 11.5 Å². The monoisotopic (exact) mass is 252 g/mol. The van der Waals surface area contributed by atoms with E-state index >= 15 is 0 Å². The van der Waals surface area contributed by atoms with Crippen molar-refractivity contribution in [2.45, 2.75) is 58.5 Å². The summed E-state index contributed by atoms with van der Waals surface area (Å²) in [5, 5.41) is 18.8. The van der Waals surface area contributed by atoms with Crippen LogP contribution in [0, 0.1) is 17.0 Å². The number of hydrogen-bond acceptors (Lipinski definition) is 4.